The molecule has 2 aromatic carbocycles. The molecule has 0 aliphatic rings. The second-order valence-electron chi connectivity index (χ2n) is 6.12. The number of amides is 1. The Bertz CT molecular complexity index is 1130. The van der Waals surface area contributed by atoms with E-state index < -0.39 is 5.97 Å². The summed E-state index contributed by atoms with van der Waals surface area (Å²) in [6.45, 7) is 0. The van der Waals surface area contributed by atoms with Crippen LogP contribution in [-0.2, 0) is 14.3 Å². The van der Waals surface area contributed by atoms with Gasteiger partial charge in [0, 0.05) is 11.1 Å². The van der Waals surface area contributed by atoms with Gasteiger partial charge in [0.15, 0.2) is 0 Å². The lowest BCUT2D eigenvalue weighted by molar-refractivity contribution is -0.133. The first-order valence-corrected chi connectivity index (χ1v) is 9.63. The van der Waals surface area contributed by atoms with Gasteiger partial charge in [-0.2, -0.15) is 0 Å². The maximum Gasteiger partial charge on any atom is 0.341 e. The van der Waals surface area contributed by atoms with Gasteiger partial charge in [0.25, 0.3) is 5.91 Å². The van der Waals surface area contributed by atoms with Crippen LogP contribution < -0.4 is 14.2 Å². The number of benzene rings is 2. The number of aromatic nitrogens is 2. The number of esters is 1. The quantitative estimate of drug-likeness (QED) is 0.229. The van der Waals surface area contributed by atoms with Gasteiger partial charge in [0.05, 0.1) is 26.5 Å². The van der Waals surface area contributed by atoms with Gasteiger partial charge in [-0.1, -0.05) is 31.0 Å². The van der Waals surface area contributed by atoms with Crippen molar-refractivity contribution in [1.29, 1.82) is 0 Å². The van der Waals surface area contributed by atoms with Gasteiger partial charge in [-0.3, -0.25) is 9.52 Å². The van der Waals surface area contributed by atoms with Crippen molar-refractivity contribution >= 4 is 30.3 Å². The van der Waals surface area contributed by atoms with Crippen LogP contribution in [0.2, 0.25) is 0 Å². The summed E-state index contributed by atoms with van der Waals surface area (Å²) in [6.07, 6.45) is 2.56. The normalized spacial score (nSPS) is 10.8. The van der Waals surface area contributed by atoms with E-state index in [1.807, 2.05) is 0 Å². The average molecular weight is 453 g/mol. The van der Waals surface area contributed by atoms with Crippen LogP contribution in [-0.4, -0.2) is 36.1 Å². The Kier molecular flexibility index (Phi) is 7.65. The first-order valence-electron chi connectivity index (χ1n) is 9.18. The SMILES string of the molecule is CO/C=C(/C(=O)OC)c1ccccc1Oc1cc(Oc2ccc(C(=O)NS)cc2)ncn1. The number of ether oxygens (including phenoxy) is 4. The second kappa shape index (κ2) is 10.8. The van der Waals surface area contributed by atoms with Crippen molar-refractivity contribution in [3.63, 3.8) is 0 Å². The molecule has 0 aliphatic carbocycles. The second-order valence-corrected chi connectivity index (χ2v) is 6.34. The number of para-hydroxylation sites is 1. The lowest BCUT2D eigenvalue weighted by Crippen LogP contribution is -2.11. The first-order chi connectivity index (χ1) is 15.5. The molecular formula is C22H19N3O6S. The zero-order valence-corrected chi connectivity index (χ0v) is 18.0. The van der Waals surface area contributed by atoms with Gasteiger partial charge in [-0.05, 0) is 30.3 Å². The van der Waals surface area contributed by atoms with Gasteiger partial charge in [-0.15, -0.1) is 0 Å². The van der Waals surface area contributed by atoms with E-state index in [-0.39, 0.29) is 23.2 Å². The highest BCUT2D eigenvalue weighted by molar-refractivity contribution is 7.78. The molecule has 1 N–H and O–H groups in total. The molecule has 1 amide bonds. The van der Waals surface area contributed by atoms with E-state index >= 15 is 0 Å². The number of hydrogen-bond acceptors (Lipinski definition) is 9. The Labute approximate surface area is 189 Å². The van der Waals surface area contributed by atoms with E-state index in [4.69, 9.17) is 18.9 Å². The molecule has 164 valence electrons. The third kappa shape index (κ3) is 5.55. The van der Waals surface area contributed by atoms with Crippen LogP contribution in [0.1, 0.15) is 15.9 Å². The van der Waals surface area contributed by atoms with Gasteiger partial charge in [0.2, 0.25) is 11.8 Å². The molecule has 3 aromatic rings. The molecule has 1 heterocycles. The van der Waals surface area contributed by atoms with E-state index in [2.05, 4.69) is 27.5 Å². The Balaban J connectivity index is 1.82. The molecule has 0 bridgehead atoms. The van der Waals surface area contributed by atoms with Crippen LogP contribution in [0.15, 0.2) is 67.2 Å². The van der Waals surface area contributed by atoms with Crippen molar-refractivity contribution in [3.05, 3.63) is 78.3 Å². The third-order valence-corrected chi connectivity index (χ3v) is 4.29. The fourth-order valence-electron chi connectivity index (χ4n) is 2.63. The molecule has 9 nitrogen and oxygen atoms in total. The Hall–Kier alpha value is -4.05. The number of nitrogens with one attached hydrogen (secondary N) is 1. The van der Waals surface area contributed by atoms with E-state index in [1.54, 1.807) is 48.5 Å². The van der Waals surface area contributed by atoms with E-state index in [0.29, 0.717) is 22.6 Å². The van der Waals surface area contributed by atoms with E-state index in [1.165, 1.54) is 32.9 Å². The standard InChI is InChI=1S/C22H19N3O6S/c1-28-12-17(22(27)29-2)16-5-3-4-6-18(16)31-20-11-19(23-13-24-20)30-15-9-7-14(8-10-15)21(26)25-32/h3-13,32H,1-2H3,(H,25,26)/b17-12+. The summed E-state index contributed by atoms with van der Waals surface area (Å²) < 4.78 is 23.7. The number of nitrogens with zero attached hydrogens (tertiary/aromatic N) is 2. The van der Waals surface area contributed by atoms with Gasteiger partial charge in [0.1, 0.15) is 23.4 Å². The molecule has 1 aromatic heterocycles. The Morgan fingerprint density at radius 3 is 2.31 bits per heavy atom. The van der Waals surface area contributed by atoms with Crippen LogP contribution in [0, 0.1) is 0 Å². The van der Waals surface area contributed by atoms with Gasteiger partial charge < -0.3 is 18.9 Å². The summed E-state index contributed by atoms with van der Waals surface area (Å²) in [4.78, 5) is 31.9. The summed E-state index contributed by atoms with van der Waals surface area (Å²) in [5.74, 6) is 0.319. The zero-order chi connectivity index (χ0) is 22.9. The molecule has 3 rings (SSSR count). The molecular weight excluding hydrogens is 434 g/mol. The molecule has 0 radical (unpaired) electrons. The fourth-order valence-corrected chi connectivity index (χ4v) is 2.76. The maximum absolute atomic E-state index is 12.1. The topological polar surface area (TPSA) is 109 Å². The predicted octanol–water partition coefficient (Wildman–Crippen LogP) is 3.80. The molecule has 0 fully saturated rings. The summed E-state index contributed by atoms with van der Waals surface area (Å²) >= 11 is 3.74. The minimum atomic E-state index is -0.579. The Morgan fingerprint density at radius 2 is 1.66 bits per heavy atom. The third-order valence-electron chi connectivity index (χ3n) is 4.09. The van der Waals surface area contributed by atoms with Crippen molar-refractivity contribution in [2.45, 2.75) is 0 Å². The highest BCUT2D eigenvalue weighted by Gasteiger charge is 2.18. The van der Waals surface area contributed by atoms with Crippen molar-refractivity contribution < 1.29 is 28.5 Å². The lowest BCUT2D eigenvalue weighted by Gasteiger charge is -2.12. The molecule has 32 heavy (non-hydrogen) atoms. The number of rotatable bonds is 8. The minimum Gasteiger partial charge on any atom is -0.503 e. The van der Waals surface area contributed by atoms with Crippen molar-refractivity contribution in [3.8, 4) is 23.3 Å². The summed E-state index contributed by atoms with van der Waals surface area (Å²) in [7, 11) is 2.71. The first kappa shape index (κ1) is 22.6. The van der Waals surface area contributed by atoms with Crippen LogP contribution >= 0.6 is 12.8 Å². The Morgan fingerprint density at radius 1 is 0.969 bits per heavy atom. The van der Waals surface area contributed by atoms with Crippen LogP contribution in [0.4, 0.5) is 0 Å². The van der Waals surface area contributed by atoms with Gasteiger partial charge >= 0.3 is 5.97 Å². The number of carbonyl (C=O) groups excluding carboxylic acids is 2. The maximum atomic E-state index is 12.1. The smallest absolute Gasteiger partial charge is 0.341 e. The number of thiol groups is 1. The molecule has 0 unspecified atom stereocenters. The fraction of sp³-hybridized carbons (Fsp3) is 0.0909. The molecule has 0 saturated heterocycles. The lowest BCUT2D eigenvalue weighted by atomic mass is 10.1. The minimum absolute atomic E-state index is 0.182. The highest BCUT2D eigenvalue weighted by Crippen LogP contribution is 2.31. The summed E-state index contributed by atoms with van der Waals surface area (Å²) in [5.41, 5.74) is 1.07. The summed E-state index contributed by atoms with van der Waals surface area (Å²) in [5, 5.41) is 0. The number of methoxy groups -OCH3 is 2. The molecule has 0 atom stereocenters. The van der Waals surface area contributed by atoms with Gasteiger partial charge in [-0.25, -0.2) is 14.8 Å². The number of hydrogen-bond donors (Lipinski definition) is 2. The monoisotopic (exact) mass is 453 g/mol. The largest absolute Gasteiger partial charge is 0.503 e. The predicted molar refractivity (Wildman–Crippen MR) is 119 cm³/mol. The summed E-state index contributed by atoms with van der Waals surface area (Å²) in [6, 6.07) is 14.8. The zero-order valence-electron chi connectivity index (χ0n) is 17.1. The van der Waals surface area contributed by atoms with Crippen molar-refractivity contribution in [2.75, 3.05) is 14.2 Å². The van der Waals surface area contributed by atoms with Crippen molar-refractivity contribution in [1.82, 2.24) is 14.7 Å². The average Bonchev–Trinajstić information content (AvgIpc) is 2.83. The molecule has 0 saturated carbocycles. The molecule has 0 spiro atoms. The number of carbonyl (C=O) groups is 2. The van der Waals surface area contributed by atoms with E-state index in [0.717, 1.165) is 0 Å². The van der Waals surface area contributed by atoms with Crippen molar-refractivity contribution in [2.24, 2.45) is 0 Å². The van der Waals surface area contributed by atoms with Crippen LogP contribution in [0.5, 0.6) is 23.3 Å². The van der Waals surface area contributed by atoms with Crippen LogP contribution in [0.3, 0.4) is 0 Å². The molecule has 0 aliphatic heterocycles. The molecule has 10 heteroatoms. The van der Waals surface area contributed by atoms with Crippen LogP contribution in [0.25, 0.3) is 5.57 Å². The van der Waals surface area contributed by atoms with E-state index in [9.17, 15) is 9.59 Å². The highest BCUT2D eigenvalue weighted by atomic mass is 32.1.